The van der Waals surface area contributed by atoms with Gasteiger partial charge in [-0.3, -0.25) is 4.79 Å². The predicted octanol–water partition coefficient (Wildman–Crippen LogP) is 2.09. The van der Waals surface area contributed by atoms with Gasteiger partial charge in [-0.15, -0.1) is 0 Å². The molecular formula is C10H20BrNO2. The Morgan fingerprint density at radius 2 is 2.21 bits per heavy atom. The van der Waals surface area contributed by atoms with Crippen molar-refractivity contribution in [2.45, 2.75) is 45.3 Å². The third kappa shape index (κ3) is 8.51. The van der Waals surface area contributed by atoms with Gasteiger partial charge in [-0.05, 0) is 40.2 Å². The van der Waals surface area contributed by atoms with Crippen molar-refractivity contribution in [2.24, 2.45) is 0 Å². The van der Waals surface area contributed by atoms with Gasteiger partial charge in [0, 0.05) is 11.4 Å². The van der Waals surface area contributed by atoms with Crippen molar-refractivity contribution < 1.29 is 9.53 Å². The van der Waals surface area contributed by atoms with Crippen LogP contribution < -0.4 is 5.32 Å². The Hall–Kier alpha value is -0.0900. The summed E-state index contributed by atoms with van der Waals surface area (Å²) in [6.45, 7) is 7.14. The average Bonchev–Trinajstić information content (AvgIpc) is 2.54. The maximum absolute atomic E-state index is 9.60. The number of hydrogen-bond acceptors (Lipinski definition) is 3. The van der Waals surface area contributed by atoms with Crippen LogP contribution in [0.1, 0.15) is 33.6 Å². The van der Waals surface area contributed by atoms with E-state index in [0.717, 1.165) is 11.4 Å². The van der Waals surface area contributed by atoms with Crippen LogP contribution in [-0.2, 0) is 9.53 Å². The van der Waals surface area contributed by atoms with E-state index in [1.54, 1.807) is 0 Å². The second-order valence-electron chi connectivity index (χ2n) is 4.27. The summed E-state index contributed by atoms with van der Waals surface area (Å²) >= 11 is 3.41. The smallest absolute Gasteiger partial charge is 0.293 e. The Kier molecular flexibility index (Phi) is 7.19. The number of nitrogens with one attached hydrogen (secondary N) is 1. The molecule has 4 heteroatoms. The number of rotatable bonds is 2. The maximum atomic E-state index is 9.60. The molecule has 0 aromatic heterocycles. The number of halogens is 1. The van der Waals surface area contributed by atoms with E-state index >= 15 is 0 Å². The lowest BCUT2D eigenvalue weighted by molar-refractivity contribution is -0.138. The Morgan fingerprint density at radius 3 is 2.36 bits per heavy atom. The van der Waals surface area contributed by atoms with Crippen molar-refractivity contribution in [1.82, 2.24) is 5.32 Å². The Bertz CT molecular complexity index is 151. The highest BCUT2D eigenvalue weighted by Gasteiger charge is 2.10. The van der Waals surface area contributed by atoms with Gasteiger partial charge in [-0.2, -0.15) is 0 Å². The topological polar surface area (TPSA) is 38.3 Å². The summed E-state index contributed by atoms with van der Waals surface area (Å²) in [7, 11) is 0. The zero-order valence-corrected chi connectivity index (χ0v) is 10.8. The van der Waals surface area contributed by atoms with Crippen LogP contribution in [0.4, 0.5) is 0 Å². The molecule has 0 saturated carbocycles. The van der Waals surface area contributed by atoms with Crippen LogP contribution >= 0.6 is 15.9 Å². The Labute approximate surface area is 94.7 Å². The van der Waals surface area contributed by atoms with E-state index in [1.807, 2.05) is 20.8 Å². The SMILES string of the molecule is BrCC1CCCN1.CC(C)(C)OC=O. The molecule has 0 bridgehead atoms. The van der Waals surface area contributed by atoms with Gasteiger partial charge < -0.3 is 10.1 Å². The van der Waals surface area contributed by atoms with Crippen molar-refractivity contribution in [1.29, 1.82) is 0 Å². The number of carbonyl (C=O) groups is 1. The zero-order valence-electron chi connectivity index (χ0n) is 9.18. The molecular weight excluding hydrogens is 246 g/mol. The van der Waals surface area contributed by atoms with Gasteiger partial charge in [0.1, 0.15) is 5.60 Å². The summed E-state index contributed by atoms with van der Waals surface area (Å²) in [4.78, 5) is 9.60. The van der Waals surface area contributed by atoms with Crippen LogP contribution in [0, 0.1) is 0 Å². The molecule has 0 aromatic carbocycles. The normalized spacial score (nSPS) is 21.0. The van der Waals surface area contributed by atoms with Crippen molar-refractivity contribution in [3.05, 3.63) is 0 Å². The third-order valence-corrected chi connectivity index (χ3v) is 2.53. The second-order valence-corrected chi connectivity index (χ2v) is 4.92. The first-order valence-corrected chi connectivity index (χ1v) is 6.02. The van der Waals surface area contributed by atoms with E-state index in [9.17, 15) is 4.79 Å². The van der Waals surface area contributed by atoms with Crippen molar-refractivity contribution in [3.63, 3.8) is 0 Å². The second kappa shape index (κ2) is 7.23. The zero-order chi connectivity index (χ0) is 11.0. The molecule has 0 amide bonds. The third-order valence-electron chi connectivity index (χ3n) is 1.75. The van der Waals surface area contributed by atoms with Crippen LogP contribution in [0.15, 0.2) is 0 Å². The summed E-state index contributed by atoms with van der Waals surface area (Å²) in [6.07, 6.45) is 2.71. The molecule has 1 saturated heterocycles. The Morgan fingerprint density at radius 1 is 1.57 bits per heavy atom. The first-order valence-electron chi connectivity index (χ1n) is 4.90. The summed E-state index contributed by atoms with van der Waals surface area (Å²) in [5.41, 5.74) is -0.318. The highest BCUT2D eigenvalue weighted by atomic mass is 79.9. The van der Waals surface area contributed by atoms with E-state index in [2.05, 4.69) is 26.0 Å². The molecule has 14 heavy (non-hydrogen) atoms. The molecule has 1 unspecified atom stereocenters. The highest BCUT2D eigenvalue weighted by molar-refractivity contribution is 9.09. The molecule has 84 valence electrons. The summed E-state index contributed by atoms with van der Waals surface area (Å²) in [5.74, 6) is 0. The minimum atomic E-state index is -0.318. The van der Waals surface area contributed by atoms with E-state index in [1.165, 1.54) is 19.4 Å². The first kappa shape index (κ1) is 13.9. The molecule has 0 aromatic rings. The van der Waals surface area contributed by atoms with Crippen LogP contribution in [0.5, 0.6) is 0 Å². The fraction of sp³-hybridized carbons (Fsp3) is 0.900. The standard InChI is InChI=1S/C5H10BrN.C5H10O2/c6-4-5-2-1-3-7-5;1-5(2,3)7-4-6/h5,7H,1-4H2;4H,1-3H3. The van der Waals surface area contributed by atoms with Crippen molar-refractivity contribution >= 4 is 22.4 Å². The van der Waals surface area contributed by atoms with Gasteiger partial charge in [0.2, 0.25) is 0 Å². The van der Waals surface area contributed by atoms with Crippen LogP contribution in [0.25, 0.3) is 0 Å². The van der Waals surface area contributed by atoms with E-state index in [0.29, 0.717) is 6.47 Å². The van der Waals surface area contributed by atoms with Crippen molar-refractivity contribution in [2.75, 3.05) is 11.9 Å². The number of carbonyl (C=O) groups excluding carboxylic acids is 1. The van der Waals surface area contributed by atoms with Crippen molar-refractivity contribution in [3.8, 4) is 0 Å². The van der Waals surface area contributed by atoms with Gasteiger partial charge in [0.05, 0.1) is 0 Å². The maximum Gasteiger partial charge on any atom is 0.293 e. The fourth-order valence-electron chi connectivity index (χ4n) is 1.03. The molecule has 1 fully saturated rings. The molecule has 1 rings (SSSR count). The summed E-state index contributed by atoms with van der Waals surface area (Å²) in [6, 6.07) is 0.764. The monoisotopic (exact) mass is 265 g/mol. The average molecular weight is 266 g/mol. The molecule has 1 atom stereocenters. The molecule has 3 nitrogen and oxygen atoms in total. The van der Waals surface area contributed by atoms with Gasteiger partial charge in [0.15, 0.2) is 0 Å². The van der Waals surface area contributed by atoms with Crippen LogP contribution in [-0.4, -0.2) is 30.0 Å². The Balaban J connectivity index is 0.000000241. The molecule has 0 spiro atoms. The van der Waals surface area contributed by atoms with E-state index < -0.39 is 0 Å². The predicted molar refractivity (Wildman–Crippen MR) is 61.7 cm³/mol. The van der Waals surface area contributed by atoms with Crippen LogP contribution in [0.2, 0.25) is 0 Å². The molecule has 1 aliphatic rings. The number of hydrogen-bond donors (Lipinski definition) is 1. The lowest BCUT2D eigenvalue weighted by Crippen LogP contribution is -2.22. The summed E-state index contributed by atoms with van der Waals surface area (Å²) < 4.78 is 4.55. The van der Waals surface area contributed by atoms with Gasteiger partial charge in [-0.1, -0.05) is 15.9 Å². The molecule has 0 radical (unpaired) electrons. The lowest BCUT2D eigenvalue weighted by Gasteiger charge is -2.14. The van der Waals surface area contributed by atoms with Gasteiger partial charge in [0.25, 0.3) is 6.47 Å². The minimum absolute atomic E-state index is 0.318. The number of alkyl halides is 1. The minimum Gasteiger partial charge on any atom is -0.462 e. The van der Waals surface area contributed by atoms with E-state index in [4.69, 9.17) is 0 Å². The number of ether oxygens (including phenoxy) is 1. The quantitative estimate of drug-likeness (QED) is 0.614. The van der Waals surface area contributed by atoms with Gasteiger partial charge in [-0.25, -0.2) is 0 Å². The first-order chi connectivity index (χ1) is 6.49. The lowest BCUT2D eigenvalue weighted by atomic mass is 10.2. The highest BCUT2D eigenvalue weighted by Crippen LogP contribution is 2.06. The molecule has 0 aliphatic carbocycles. The van der Waals surface area contributed by atoms with E-state index in [-0.39, 0.29) is 5.60 Å². The largest absolute Gasteiger partial charge is 0.462 e. The molecule has 1 heterocycles. The summed E-state index contributed by atoms with van der Waals surface area (Å²) in [5, 5.41) is 4.48. The molecule has 1 N–H and O–H groups in total. The molecule has 1 aliphatic heterocycles. The van der Waals surface area contributed by atoms with Gasteiger partial charge >= 0.3 is 0 Å². The van der Waals surface area contributed by atoms with Crippen LogP contribution in [0.3, 0.4) is 0 Å². The fourth-order valence-corrected chi connectivity index (χ4v) is 1.59.